The van der Waals surface area contributed by atoms with Crippen LogP contribution in [-0.2, 0) is 23.7 Å². The summed E-state index contributed by atoms with van der Waals surface area (Å²) in [6.07, 6.45) is 6.64. The van der Waals surface area contributed by atoms with Gasteiger partial charge in [-0.05, 0) is 91.8 Å². The van der Waals surface area contributed by atoms with E-state index in [1.807, 2.05) is 20.8 Å². The third kappa shape index (κ3) is 9.32. The highest BCUT2D eigenvalue weighted by molar-refractivity contribution is 7.57. The van der Waals surface area contributed by atoms with Crippen LogP contribution >= 0.6 is 18.9 Å². The molecule has 16 heteroatoms. The molecule has 2 N–H and O–H groups in total. The van der Waals surface area contributed by atoms with Crippen molar-refractivity contribution in [2.75, 3.05) is 26.8 Å². The van der Waals surface area contributed by atoms with Crippen molar-refractivity contribution < 1.29 is 42.1 Å². The number of pyridine rings is 1. The number of carbonyl (C=O) groups excluding carboxylic acids is 4. The van der Waals surface area contributed by atoms with Gasteiger partial charge in [0.15, 0.2) is 0 Å². The van der Waals surface area contributed by atoms with Crippen LogP contribution in [0.5, 0.6) is 11.5 Å². The van der Waals surface area contributed by atoms with Crippen LogP contribution in [0, 0.1) is 5.41 Å². The number of hydrogen-bond donors (Lipinski definition) is 2. The SMILES string of the molecule is COc1ccncc1C1CN(C(=O)[C@@H]2CC[C@@H]3CCC[C@H](NC(=O)c4cc5cc([C@H](F)[P@@](=O)(N[C@@H](C)C(=O)OCC(C)(C)C)Oc6ccccc6)ccc5s4)C(=O)N32)C1. The molecule has 3 fully saturated rings. The zero-order chi connectivity index (χ0) is 42.1. The van der Waals surface area contributed by atoms with Gasteiger partial charge in [0.05, 0.1) is 18.6 Å². The first-order valence-electron chi connectivity index (χ1n) is 20.0. The molecule has 4 aromatic rings. The van der Waals surface area contributed by atoms with E-state index in [0.29, 0.717) is 47.3 Å². The topological polar surface area (TPSA) is 156 Å². The van der Waals surface area contributed by atoms with Gasteiger partial charge in [-0.2, -0.15) is 0 Å². The van der Waals surface area contributed by atoms with Crippen molar-refractivity contribution in [3.8, 4) is 11.5 Å². The molecule has 59 heavy (non-hydrogen) atoms. The van der Waals surface area contributed by atoms with E-state index in [2.05, 4.69) is 15.4 Å². The number of carbonyl (C=O) groups is 4. The molecule has 3 aliphatic rings. The number of aromatic nitrogens is 1. The summed E-state index contributed by atoms with van der Waals surface area (Å²) in [5.74, 6) is -2.71. The standard InChI is InChI=1S/C43H51FN5O8PS/c1-26(42(53)56-25-43(2,3)4)47-58(54,57-31-11-7-6-8-12-31)38(44)27-14-17-36-28(20-27)21-37(59-36)39(50)46-33-13-9-10-30-15-16-34(49(30)40(33)51)41(52)48-23-29(24-48)32-22-45-19-18-35(32)55-5/h6-8,11-12,14,17-22,26,29-30,33-34,38H,9-10,13,15-16,23-25H2,1-5H3,(H,46,50)(H,47,54)/t26-,30-,33-,34-,38+,58-/m0/s1. The number of esters is 1. The molecule has 314 valence electrons. The van der Waals surface area contributed by atoms with Crippen LogP contribution in [-0.4, -0.2) is 89.4 Å². The van der Waals surface area contributed by atoms with E-state index >= 15 is 4.39 Å². The highest BCUT2D eigenvalue weighted by Crippen LogP contribution is 2.58. The maximum atomic E-state index is 16.6. The predicted octanol–water partition coefficient (Wildman–Crippen LogP) is 7.38. The average molecular weight is 848 g/mol. The normalized spacial score (nSPS) is 21.7. The van der Waals surface area contributed by atoms with Crippen molar-refractivity contribution >= 4 is 52.6 Å². The third-order valence-corrected chi connectivity index (χ3v) is 14.3. The number of fused-ring (bicyclic) bond motifs is 2. The van der Waals surface area contributed by atoms with E-state index in [0.717, 1.165) is 24.2 Å². The number of rotatable bonds is 13. The average Bonchev–Trinajstić information content (AvgIpc) is 3.79. The molecule has 0 bridgehead atoms. The number of benzene rings is 2. The number of ether oxygens (including phenoxy) is 2. The number of para-hydroxylation sites is 1. The number of amides is 3. The smallest absolute Gasteiger partial charge is 0.355 e. The Kier molecular flexibility index (Phi) is 12.5. The van der Waals surface area contributed by atoms with E-state index in [4.69, 9.17) is 14.0 Å². The van der Waals surface area contributed by atoms with Gasteiger partial charge in [0.2, 0.25) is 17.7 Å². The van der Waals surface area contributed by atoms with Gasteiger partial charge in [0.1, 0.15) is 29.6 Å². The van der Waals surface area contributed by atoms with Gasteiger partial charge in [-0.1, -0.05) is 45.0 Å². The Hall–Kier alpha value is -4.85. The van der Waals surface area contributed by atoms with Crippen LogP contribution in [0.15, 0.2) is 73.1 Å². The van der Waals surface area contributed by atoms with Gasteiger partial charge in [-0.25, -0.2) is 9.48 Å². The van der Waals surface area contributed by atoms with Crippen molar-refractivity contribution in [3.05, 3.63) is 89.1 Å². The second-order valence-electron chi connectivity index (χ2n) is 16.8. The maximum Gasteiger partial charge on any atom is 0.355 e. The molecular formula is C43H51FN5O8PS. The van der Waals surface area contributed by atoms with E-state index in [9.17, 15) is 23.7 Å². The van der Waals surface area contributed by atoms with Crippen LogP contribution in [0.2, 0.25) is 0 Å². The van der Waals surface area contributed by atoms with Crippen molar-refractivity contribution in [3.63, 3.8) is 0 Å². The third-order valence-electron chi connectivity index (χ3n) is 11.0. The number of likely N-dealkylation sites (tertiary alicyclic amines) is 1. The first-order valence-corrected chi connectivity index (χ1v) is 22.5. The lowest BCUT2D eigenvalue weighted by atomic mass is 9.91. The molecule has 7 rings (SSSR count). The Morgan fingerprint density at radius 2 is 1.80 bits per heavy atom. The highest BCUT2D eigenvalue weighted by atomic mass is 32.1. The molecule has 3 aliphatic heterocycles. The Morgan fingerprint density at radius 3 is 2.53 bits per heavy atom. The number of alkyl halides is 1. The number of nitrogens with one attached hydrogen (secondary N) is 2. The number of nitrogens with zero attached hydrogens (tertiary/aromatic N) is 3. The molecule has 2 aromatic carbocycles. The monoisotopic (exact) mass is 847 g/mol. The molecule has 6 atom stereocenters. The Balaban J connectivity index is 1.03. The van der Waals surface area contributed by atoms with Crippen LogP contribution < -0.4 is 19.7 Å². The number of hydrogen-bond acceptors (Lipinski definition) is 10. The summed E-state index contributed by atoms with van der Waals surface area (Å²) in [4.78, 5) is 62.6. The summed E-state index contributed by atoms with van der Waals surface area (Å²) >= 11 is 1.18. The van der Waals surface area contributed by atoms with Crippen molar-refractivity contribution in [2.24, 2.45) is 5.41 Å². The summed E-state index contributed by atoms with van der Waals surface area (Å²) in [5, 5.41) is 6.07. The molecule has 0 spiro atoms. The van der Waals surface area contributed by atoms with Crippen LogP contribution in [0.25, 0.3) is 10.1 Å². The molecule has 13 nitrogen and oxygen atoms in total. The Labute approximate surface area is 347 Å². The minimum atomic E-state index is -4.47. The number of thiophene rings is 1. The summed E-state index contributed by atoms with van der Waals surface area (Å²) < 4.78 is 48.3. The summed E-state index contributed by atoms with van der Waals surface area (Å²) in [5.41, 5.74) is 0.663. The zero-order valence-electron chi connectivity index (χ0n) is 33.9. The van der Waals surface area contributed by atoms with Gasteiger partial charge in [0.25, 0.3) is 5.91 Å². The van der Waals surface area contributed by atoms with E-state index in [1.54, 1.807) is 77.8 Å². The van der Waals surface area contributed by atoms with Crippen molar-refractivity contribution in [2.45, 2.75) is 95.8 Å². The van der Waals surface area contributed by atoms with Crippen LogP contribution in [0.1, 0.15) is 92.4 Å². The van der Waals surface area contributed by atoms with Gasteiger partial charge in [-0.3, -0.25) is 28.7 Å². The van der Waals surface area contributed by atoms with Crippen molar-refractivity contribution in [1.82, 2.24) is 25.2 Å². The van der Waals surface area contributed by atoms with E-state index in [1.165, 1.54) is 30.4 Å². The summed E-state index contributed by atoms with van der Waals surface area (Å²) in [6.45, 7) is 8.29. The predicted molar refractivity (Wildman–Crippen MR) is 222 cm³/mol. The minimum absolute atomic E-state index is 0.0205. The first-order chi connectivity index (χ1) is 28.1. The molecule has 0 radical (unpaired) electrons. The highest BCUT2D eigenvalue weighted by Gasteiger charge is 2.48. The second kappa shape index (κ2) is 17.4. The van der Waals surface area contributed by atoms with Crippen LogP contribution in [0.3, 0.4) is 0 Å². The summed E-state index contributed by atoms with van der Waals surface area (Å²) in [6, 6.07) is 13.5. The fourth-order valence-electron chi connectivity index (χ4n) is 7.95. The number of halogens is 1. The largest absolute Gasteiger partial charge is 0.496 e. The maximum absolute atomic E-state index is 16.6. The van der Waals surface area contributed by atoms with Gasteiger partial charge < -0.3 is 29.1 Å². The molecule has 2 aromatic heterocycles. The molecule has 3 amide bonds. The molecule has 0 unspecified atom stereocenters. The quantitative estimate of drug-likeness (QED) is 0.103. The second-order valence-corrected chi connectivity index (χ2v) is 19.9. The Morgan fingerprint density at radius 1 is 1.03 bits per heavy atom. The van der Waals surface area contributed by atoms with E-state index < -0.39 is 43.4 Å². The number of methoxy groups -OCH3 is 1. The van der Waals surface area contributed by atoms with Crippen LogP contribution in [0.4, 0.5) is 4.39 Å². The Bertz CT molecular complexity index is 2250. The minimum Gasteiger partial charge on any atom is -0.496 e. The molecule has 0 aliphatic carbocycles. The molecule has 0 saturated carbocycles. The fourth-order valence-corrected chi connectivity index (χ4v) is 10.8. The van der Waals surface area contributed by atoms with Gasteiger partial charge in [-0.15, -0.1) is 11.3 Å². The lowest BCUT2D eigenvalue weighted by Gasteiger charge is -2.42. The first kappa shape index (κ1) is 42.3. The van der Waals surface area contributed by atoms with Crippen molar-refractivity contribution in [1.29, 1.82) is 0 Å². The molecule has 3 saturated heterocycles. The lowest BCUT2D eigenvalue weighted by molar-refractivity contribution is -0.148. The fraction of sp³-hybridized carbons (Fsp3) is 0.465. The van der Waals surface area contributed by atoms with Gasteiger partial charge >= 0.3 is 13.5 Å². The summed E-state index contributed by atoms with van der Waals surface area (Å²) in [7, 11) is -2.86. The van der Waals surface area contributed by atoms with E-state index in [-0.39, 0.29) is 47.1 Å². The lowest BCUT2D eigenvalue weighted by Crippen LogP contribution is -2.58. The molecular weight excluding hydrogens is 797 g/mol. The molecule has 5 heterocycles. The zero-order valence-corrected chi connectivity index (χ0v) is 35.6. The van der Waals surface area contributed by atoms with Gasteiger partial charge in [0, 0.05) is 47.7 Å².